The minimum atomic E-state index is -1.04. The number of amides is 1. The number of carbonyl (C=O) groups is 1. The van der Waals surface area contributed by atoms with Crippen molar-refractivity contribution in [1.29, 1.82) is 0 Å². The molecule has 5 nitrogen and oxygen atoms in total. The van der Waals surface area contributed by atoms with Gasteiger partial charge >= 0.3 is 0 Å². The number of anilines is 2. The monoisotopic (exact) mass is 366 g/mol. The lowest BCUT2D eigenvalue weighted by atomic mass is 9.95. The van der Waals surface area contributed by atoms with E-state index in [-0.39, 0.29) is 5.91 Å². The van der Waals surface area contributed by atoms with Gasteiger partial charge in [0.05, 0.1) is 16.7 Å². The summed E-state index contributed by atoms with van der Waals surface area (Å²) < 4.78 is 2.08. The Bertz CT molecular complexity index is 1270. The van der Waals surface area contributed by atoms with Gasteiger partial charge in [0.1, 0.15) is 5.82 Å². The Labute approximate surface area is 162 Å². The van der Waals surface area contributed by atoms with Gasteiger partial charge in [-0.25, -0.2) is 4.98 Å². The zero-order valence-electron chi connectivity index (χ0n) is 15.4. The van der Waals surface area contributed by atoms with Crippen LogP contribution in [-0.4, -0.2) is 22.0 Å². The molecule has 0 radical (unpaired) electrons. The van der Waals surface area contributed by atoms with Gasteiger partial charge in [-0.3, -0.25) is 9.36 Å². The maximum Gasteiger partial charge on any atom is 0.279 e. The third-order valence-corrected chi connectivity index (χ3v) is 5.84. The molecule has 0 saturated heterocycles. The summed E-state index contributed by atoms with van der Waals surface area (Å²) in [6.07, 6.45) is 0. The predicted molar refractivity (Wildman–Crippen MR) is 110 cm³/mol. The Kier molecular flexibility index (Phi) is 2.88. The van der Waals surface area contributed by atoms with Crippen molar-refractivity contribution in [3.05, 3.63) is 78.4 Å². The normalized spacial score (nSPS) is 19.5. The van der Waals surface area contributed by atoms with E-state index in [2.05, 4.69) is 16.0 Å². The molecule has 3 aromatic carbocycles. The fourth-order valence-electron chi connectivity index (χ4n) is 4.67. The first kappa shape index (κ1) is 15.5. The average molecular weight is 366 g/mol. The number of imidazole rings is 1. The fourth-order valence-corrected chi connectivity index (χ4v) is 4.67. The first-order chi connectivity index (χ1) is 13.8. The van der Waals surface area contributed by atoms with E-state index < -0.39 is 5.66 Å². The van der Waals surface area contributed by atoms with Crippen LogP contribution in [0.4, 0.5) is 11.4 Å². The standard InChI is InChI=1S/C23H18N4O/c1-2-26-19-13-7-4-10-16(19)23(22(26)28)25-17-11-5-3-9-15(17)21-24-18-12-6-8-14-20(18)27(21)23/h3-14,25H,2H2,1H3/t23-/m0/s1. The molecular formula is C23H18N4O. The minimum Gasteiger partial charge on any atom is -0.350 e. The number of carbonyl (C=O) groups excluding carboxylic acids is 1. The van der Waals surface area contributed by atoms with Gasteiger partial charge in [-0.1, -0.05) is 42.5 Å². The smallest absolute Gasteiger partial charge is 0.279 e. The quantitative estimate of drug-likeness (QED) is 0.549. The van der Waals surface area contributed by atoms with Crippen LogP contribution in [0.1, 0.15) is 12.5 Å². The van der Waals surface area contributed by atoms with Crippen LogP contribution in [0.25, 0.3) is 22.4 Å². The lowest BCUT2D eigenvalue weighted by Gasteiger charge is -2.38. The van der Waals surface area contributed by atoms with Gasteiger partial charge in [0.15, 0.2) is 0 Å². The molecule has 4 aromatic rings. The molecule has 3 heterocycles. The van der Waals surface area contributed by atoms with E-state index in [9.17, 15) is 4.79 Å². The van der Waals surface area contributed by atoms with Gasteiger partial charge in [-0.15, -0.1) is 0 Å². The first-order valence-corrected chi connectivity index (χ1v) is 9.52. The van der Waals surface area contributed by atoms with Gasteiger partial charge in [0.2, 0.25) is 5.66 Å². The zero-order chi connectivity index (χ0) is 18.9. The Hall–Kier alpha value is -3.60. The van der Waals surface area contributed by atoms with E-state index >= 15 is 0 Å². The van der Waals surface area contributed by atoms with Crippen molar-refractivity contribution in [2.45, 2.75) is 12.6 Å². The lowest BCUT2D eigenvalue weighted by Crippen LogP contribution is -2.53. The molecule has 2 aliphatic heterocycles. The fraction of sp³-hybridized carbons (Fsp3) is 0.130. The molecule has 0 aliphatic carbocycles. The Morgan fingerprint density at radius 3 is 2.61 bits per heavy atom. The van der Waals surface area contributed by atoms with Crippen LogP contribution in [0.3, 0.4) is 0 Å². The number of nitrogens with zero attached hydrogens (tertiary/aromatic N) is 3. The summed E-state index contributed by atoms with van der Waals surface area (Å²) in [5, 5.41) is 3.61. The largest absolute Gasteiger partial charge is 0.350 e. The molecule has 28 heavy (non-hydrogen) atoms. The number of hydrogen-bond acceptors (Lipinski definition) is 3. The van der Waals surface area contributed by atoms with E-state index in [1.165, 1.54) is 0 Å². The lowest BCUT2D eigenvalue weighted by molar-refractivity contribution is -0.123. The Morgan fingerprint density at radius 2 is 1.71 bits per heavy atom. The summed E-state index contributed by atoms with van der Waals surface area (Å²) in [6, 6.07) is 24.1. The molecule has 6 rings (SSSR count). The van der Waals surface area contributed by atoms with E-state index in [1.807, 2.05) is 78.6 Å². The predicted octanol–water partition coefficient (Wildman–Crippen LogP) is 4.20. The molecule has 0 saturated carbocycles. The van der Waals surface area contributed by atoms with Gasteiger partial charge in [0.25, 0.3) is 5.91 Å². The third-order valence-electron chi connectivity index (χ3n) is 5.84. The van der Waals surface area contributed by atoms with Crippen LogP contribution in [0.2, 0.25) is 0 Å². The van der Waals surface area contributed by atoms with Crippen LogP contribution in [0, 0.1) is 0 Å². The van der Waals surface area contributed by atoms with Crippen LogP contribution in [0.15, 0.2) is 72.8 Å². The Balaban J connectivity index is 1.79. The van der Waals surface area contributed by atoms with Crippen molar-refractivity contribution in [2.24, 2.45) is 0 Å². The molecule has 1 atom stereocenters. The number of benzene rings is 3. The third kappa shape index (κ3) is 1.67. The highest BCUT2D eigenvalue weighted by Gasteiger charge is 2.55. The summed E-state index contributed by atoms with van der Waals surface area (Å²) in [5.74, 6) is 0.840. The van der Waals surface area contributed by atoms with Crippen molar-refractivity contribution < 1.29 is 4.79 Å². The van der Waals surface area contributed by atoms with E-state index in [0.29, 0.717) is 6.54 Å². The van der Waals surface area contributed by atoms with E-state index in [4.69, 9.17) is 4.98 Å². The molecule has 1 spiro atoms. The summed E-state index contributed by atoms with van der Waals surface area (Å²) >= 11 is 0. The number of aromatic nitrogens is 2. The number of rotatable bonds is 1. The Morgan fingerprint density at radius 1 is 0.964 bits per heavy atom. The molecule has 0 fully saturated rings. The number of hydrogen-bond donors (Lipinski definition) is 1. The highest BCUT2D eigenvalue weighted by Crippen LogP contribution is 2.50. The van der Waals surface area contributed by atoms with Crippen LogP contribution in [-0.2, 0) is 10.5 Å². The molecule has 1 amide bonds. The van der Waals surface area contributed by atoms with Crippen LogP contribution < -0.4 is 10.2 Å². The average Bonchev–Trinajstić information content (AvgIpc) is 3.24. The molecule has 1 aromatic heterocycles. The van der Waals surface area contributed by atoms with Crippen molar-refractivity contribution >= 4 is 28.3 Å². The number of nitrogens with one attached hydrogen (secondary N) is 1. The van der Waals surface area contributed by atoms with Crippen LogP contribution in [0.5, 0.6) is 0 Å². The van der Waals surface area contributed by atoms with Gasteiger partial charge in [0, 0.05) is 23.4 Å². The van der Waals surface area contributed by atoms with Gasteiger partial charge in [-0.05, 0) is 37.3 Å². The van der Waals surface area contributed by atoms with Crippen molar-refractivity contribution in [2.75, 3.05) is 16.8 Å². The van der Waals surface area contributed by atoms with Crippen molar-refractivity contribution in [3.63, 3.8) is 0 Å². The zero-order valence-corrected chi connectivity index (χ0v) is 15.4. The highest BCUT2D eigenvalue weighted by atomic mass is 16.2. The van der Waals surface area contributed by atoms with Crippen molar-refractivity contribution in [1.82, 2.24) is 9.55 Å². The minimum absolute atomic E-state index is 0.0232. The molecule has 5 heteroatoms. The summed E-state index contributed by atoms with van der Waals surface area (Å²) in [7, 11) is 0. The topological polar surface area (TPSA) is 50.2 Å². The second-order valence-electron chi connectivity index (χ2n) is 7.21. The SMILES string of the molecule is CCN1C(=O)[C@]2(Nc3ccccc3-c3nc4ccccc4n32)c2ccccc21. The number of likely N-dealkylation sites (N-methyl/N-ethyl adjacent to an activating group) is 1. The number of para-hydroxylation sites is 4. The van der Waals surface area contributed by atoms with Crippen molar-refractivity contribution in [3.8, 4) is 11.4 Å². The second-order valence-corrected chi connectivity index (χ2v) is 7.21. The second kappa shape index (κ2) is 5.23. The molecule has 2 aliphatic rings. The molecule has 0 bridgehead atoms. The summed E-state index contributed by atoms with van der Waals surface area (Å²) in [4.78, 5) is 20.7. The first-order valence-electron chi connectivity index (χ1n) is 9.52. The number of fused-ring (bicyclic) bond motifs is 8. The summed E-state index contributed by atoms with van der Waals surface area (Å²) in [5.41, 5.74) is 4.63. The molecule has 1 N–H and O–H groups in total. The van der Waals surface area contributed by atoms with Gasteiger partial charge in [-0.2, -0.15) is 0 Å². The summed E-state index contributed by atoms with van der Waals surface area (Å²) in [6.45, 7) is 2.63. The molecular weight excluding hydrogens is 348 g/mol. The maximum atomic E-state index is 13.9. The van der Waals surface area contributed by atoms with Crippen LogP contribution >= 0.6 is 0 Å². The van der Waals surface area contributed by atoms with Gasteiger partial charge < -0.3 is 10.2 Å². The van der Waals surface area contributed by atoms with E-state index in [0.717, 1.165) is 39.4 Å². The molecule has 0 unspecified atom stereocenters. The molecule has 136 valence electrons. The highest BCUT2D eigenvalue weighted by molar-refractivity contribution is 6.12. The van der Waals surface area contributed by atoms with E-state index in [1.54, 1.807) is 0 Å². The maximum absolute atomic E-state index is 13.9.